The molecule has 0 bridgehead atoms. The summed E-state index contributed by atoms with van der Waals surface area (Å²) < 4.78 is 1.69. The van der Waals surface area contributed by atoms with E-state index in [4.69, 9.17) is 23.2 Å². The number of rotatable bonds is 2. The van der Waals surface area contributed by atoms with E-state index in [1.165, 1.54) is 0 Å². The van der Waals surface area contributed by atoms with Crippen molar-refractivity contribution in [1.29, 1.82) is 0 Å². The molecule has 3 rings (SSSR count). The van der Waals surface area contributed by atoms with Crippen molar-refractivity contribution < 1.29 is 0 Å². The van der Waals surface area contributed by atoms with Gasteiger partial charge in [-0.15, -0.1) is 5.10 Å². The molecule has 114 valence electrons. The lowest BCUT2D eigenvalue weighted by molar-refractivity contribution is 0.545. The molecule has 0 aliphatic heterocycles. The molecule has 0 radical (unpaired) electrons. The number of hydrogen-bond acceptors (Lipinski definition) is 4. The molecule has 2 heterocycles. The second-order valence-corrected chi connectivity index (χ2v) is 6.86. The van der Waals surface area contributed by atoms with Crippen molar-refractivity contribution in [3.8, 4) is 0 Å². The predicted octanol–water partition coefficient (Wildman–Crippen LogP) is 3.87. The van der Waals surface area contributed by atoms with Crippen LogP contribution in [0.5, 0.6) is 0 Å². The minimum Gasteiger partial charge on any atom is -0.222 e. The summed E-state index contributed by atoms with van der Waals surface area (Å²) in [5.74, 6) is 0.660. The zero-order valence-electron chi connectivity index (χ0n) is 12.5. The third-order valence-corrected chi connectivity index (χ3v) is 3.90. The lowest BCUT2D eigenvalue weighted by atomic mass is 9.96. The van der Waals surface area contributed by atoms with E-state index in [1.54, 1.807) is 4.68 Å². The second-order valence-electron chi connectivity index (χ2n) is 6.10. The van der Waals surface area contributed by atoms with Crippen LogP contribution in [0.3, 0.4) is 0 Å². The molecular formula is C15H15Cl2N5. The Morgan fingerprint density at radius 1 is 1.09 bits per heavy atom. The summed E-state index contributed by atoms with van der Waals surface area (Å²) >= 11 is 12.4. The molecule has 22 heavy (non-hydrogen) atoms. The standard InChI is InChI=1S/C15H15Cl2N5/c1-15(2,3)14-18-12(17)11-13(19-14)22(21-20-11)8-9-6-4-5-7-10(9)16/h4-7H,8H2,1-3H3. The van der Waals surface area contributed by atoms with Crippen LogP contribution in [0, 0.1) is 0 Å². The molecule has 2 aromatic heterocycles. The maximum Gasteiger partial charge on any atom is 0.183 e. The van der Waals surface area contributed by atoms with Crippen molar-refractivity contribution in [2.75, 3.05) is 0 Å². The molecule has 7 heteroatoms. The van der Waals surface area contributed by atoms with Gasteiger partial charge in [0.05, 0.1) is 6.54 Å². The highest BCUT2D eigenvalue weighted by atomic mass is 35.5. The molecule has 0 unspecified atom stereocenters. The topological polar surface area (TPSA) is 56.5 Å². The lowest BCUT2D eigenvalue weighted by Gasteiger charge is -2.16. The number of benzene rings is 1. The highest BCUT2D eigenvalue weighted by Gasteiger charge is 2.22. The minimum absolute atomic E-state index is 0.211. The van der Waals surface area contributed by atoms with Crippen LogP contribution in [0.25, 0.3) is 11.2 Å². The SMILES string of the molecule is CC(C)(C)c1nc(Cl)c2nnn(Cc3ccccc3Cl)c2n1. The van der Waals surface area contributed by atoms with Gasteiger partial charge in [0.15, 0.2) is 16.3 Å². The quantitative estimate of drug-likeness (QED) is 0.667. The third-order valence-electron chi connectivity index (χ3n) is 3.27. The summed E-state index contributed by atoms with van der Waals surface area (Å²) in [6, 6.07) is 7.62. The molecular weight excluding hydrogens is 321 g/mol. The number of fused-ring (bicyclic) bond motifs is 1. The molecule has 0 saturated carbocycles. The fraction of sp³-hybridized carbons (Fsp3) is 0.333. The Kier molecular flexibility index (Phi) is 3.78. The molecule has 0 fully saturated rings. The Labute approximate surface area is 138 Å². The Balaban J connectivity index is 2.11. The summed E-state index contributed by atoms with van der Waals surface area (Å²) in [4.78, 5) is 8.92. The van der Waals surface area contributed by atoms with Crippen molar-refractivity contribution in [3.63, 3.8) is 0 Å². The highest BCUT2D eigenvalue weighted by molar-refractivity contribution is 6.33. The molecule has 0 aliphatic carbocycles. The molecule has 0 atom stereocenters. The van der Waals surface area contributed by atoms with Gasteiger partial charge in [-0.25, -0.2) is 14.6 Å². The fourth-order valence-corrected chi connectivity index (χ4v) is 2.45. The van der Waals surface area contributed by atoms with Crippen LogP contribution in [0.2, 0.25) is 10.2 Å². The van der Waals surface area contributed by atoms with Gasteiger partial charge in [-0.1, -0.05) is 67.4 Å². The predicted molar refractivity (Wildman–Crippen MR) is 87.4 cm³/mol. The fourth-order valence-electron chi connectivity index (χ4n) is 2.05. The normalized spacial score (nSPS) is 12.0. The van der Waals surface area contributed by atoms with E-state index in [0.29, 0.717) is 33.7 Å². The molecule has 5 nitrogen and oxygen atoms in total. The number of nitrogens with zero attached hydrogens (tertiary/aromatic N) is 5. The van der Waals surface area contributed by atoms with E-state index in [0.717, 1.165) is 5.56 Å². The van der Waals surface area contributed by atoms with E-state index in [2.05, 4.69) is 20.3 Å². The Bertz CT molecular complexity index is 836. The van der Waals surface area contributed by atoms with Crippen molar-refractivity contribution >= 4 is 34.4 Å². The van der Waals surface area contributed by atoms with Gasteiger partial charge in [-0.05, 0) is 11.6 Å². The largest absolute Gasteiger partial charge is 0.222 e. The summed E-state index contributed by atoms with van der Waals surface area (Å²) in [6.45, 7) is 6.58. The summed E-state index contributed by atoms with van der Waals surface area (Å²) in [5.41, 5.74) is 1.85. The molecule has 0 aliphatic rings. The Morgan fingerprint density at radius 3 is 2.50 bits per heavy atom. The van der Waals surface area contributed by atoms with Gasteiger partial charge in [-0.2, -0.15) is 0 Å². The average Bonchev–Trinajstić information content (AvgIpc) is 2.84. The Hall–Kier alpha value is -1.72. The monoisotopic (exact) mass is 335 g/mol. The van der Waals surface area contributed by atoms with Crippen molar-refractivity contribution in [2.45, 2.75) is 32.7 Å². The maximum absolute atomic E-state index is 6.22. The molecule has 0 spiro atoms. The number of hydrogen-bond donors (Lipinski definition) is 0. The van der Waals surface area contributed by atoms with Crippen LogP contribution in [0.15, 0.2) is 24.3 Å². The van der Waals surface area contributed by atoms with Gasteiger partial charge in [0.2, 0.25) is 0 Å². The lowest BCUT2D eigenvalue weighted by Crippen LogP contribution is -2.17. The van der Waals surface area contributed by atoms with Gasteiger partial charge in [-0.3, -0.25) is 0 Å². The third kappa shape index (κ3) is 2.78. The van der Waals surface area contributed by atoms with Gasteiger partial charge < -0.3 is 0 Å². The minimum atomic E-state index is -0.211. The van der Waals surface area contributed by atoms with E-state index >= 15 is 0 Å². The summed E-state index contributed by atoms with van der Waals surface area (Å²) in [6.07, 6.45) is 0. The van der Waals surface area contributed by atoms with Gasteiger partial charge in [0.25, 0.3) is 0 Å². The van der Waals surface area contributed by atoms with Gasteiger partial charge in [0.1, 0.15) is 5.82 Å². The molecule has 3 aromatic rings. The first kappa shape index (κ1) is 15.2. The van der Waals surface area contributed by atoms with Crippen LogP contribution in [0.1, 0.15) is 32.2 Å². The average molecular weight is 336 g/mol. The first-order valence-electron chi connectivity index (χ1n) is 6.87. The molecule has 0 saturated heterocycles. The molecule has 1 aromatic carbocycles. The van der Waals surface area contributed by atoms with Crippen LogP contribution in [-0.4, -0.2) is 25.0 Å². The second kappa shape index (κ2) is 5.48. The van der Waals surface area contributed by atoms with Gasteiger partial charge in [0, 0.05) is 10.4 Å². The molecule has 0 N–H and O–H groups in total. The van der Waals surface area contributed by atoms with E-state index in [1.807, 2.05) is 45.0 Å². The van der Waals surface area contributed by atoms with E-state index < -0.39 is 0 Å². The smallest absolute Gasteiger partial charge is 0.183 e. The Morgan fingerprint density at radius 2 is 1.82 bits per heavy atom. The highest BCUT2D eigenvalue weighted by Crippen LogP contribution is 2.25. The van der Waals surface area contributed by atoms with E-state index in [9.17, 15) is 0 Å². The number of halogens is 2. The first-order valence-corrected chi connectivity index (χ1v) is 7.62. The van der Waals surface area contributed by atoms with Crippen LogP contribution >= 0.6 is 23.2 Å². The molecule has 0 amide bonds. The maximum atomic E-state index is 6.22. The summed E-state index contributed by atoms with van der Waals surface area (Å²) in [5, 5.41) is 9.22. The van der Waals surface area contributed by atoms with Crippen LogP contribution in [0.4, 0.5) is 0 Å². The first-order chi connectivity index (χ1) is 10.4. The zero-order valence-corrected chi connectivity index (χ0v) is 14.0. The van der Waals surface area contributed by atoms with Crippen LogP contribution in [-0.2, 0) is 12.0 Å². The number of aromatic nitrogens is 5. The van der Waals surface area contributed by atoms with E-state index in [-0.39, 0.29) is 5.41 Å². The van der Waals surface area contributed by atoms with Crippen molar-refractivity contribution in [2.24, 2.45) is 0 Å². The zero-order chi connectivity index (χ0) is 15.9. The van der Waals surface area contributed by atoms with Crippen LogP contribution < -0.4 is 0 Å². The van der Waals surface area contributed by atoms with Crippen molar-refractivity contribution in [1.82, 2.24) is 25.0 Å². The van der Waals surface area contributed by atoms with Gasteiger partial charge >= 0.3 is 0 Å². The summed E-state index contributed by atoms with van der Waals surface area (Å²) in [7, 11) is 0. The van der Waals surface area contributed by atoms with Crippen molar-refractivity contribution in [3.05, 3.63) is 45.8 Å².